The highest BCUT2D eigenvalue weighted by molar-refractivity contribution is 7.89. The van der Waals surface area contributed by atoms with Gasteiger partial charge in [0.2, 0.25) is 10.0 Å². The number of nitrogens with zero attached hydrogens (tertiary/aromatic N) is 4. The second-order valence-corrected chi connectivity index (χ2v) is 9.40. The minimum Gasteiger partial charge on any atom is -0.308 e. The molecule has 0 atom stereocenters. The summed E-state index contributed by atoms with van der Waals surface area (Å²) in [6.07, 6.45) is 7.82. The number of rotatable bonds is 5. The molecule has 0 unspecified atom stereocenters. The fourth-order valence-electron chi connectivity index (χ4n) is 3.25. The number of thiophene rings is 1. The Labute approximate surface area is 151 Å². The molecule has 0 N–H and O–H groups in total. The van der Waals surface area contributed by atoms with Gasteiger partial charge < -0.3 is 4.57 Å². The summed E-state index contributed by atoms with van der Waals surface area (Å²) in [7, 11) is -3.18. The fraction of sp³-hybridized carbons (Fsp3) is 0.412. The Bertz CT molecular complexity index is 993. The van der Waals surface area contributed by atoms with Gasteiger partial charge in [-0.15, -0.1) is 11.3 Å². The average molecular weight is 377 g/mol. The topological polar surface area (TPSA) is 68.1 Å². The molecule has 6 nitrogen and oxygen atoms in total. The second kappa shape index (κ2) is 6.51. The van der Waals surface area contributed by atoms with Gasteiger partial charge in [0.05, 0.1) is 11.1 Å². The first kappa shape index (κ1) is 16.7. The molecule has 8 heteroatoms. The van der Waals surface area contributed by atoms with Crippen LogP contribution in [0.2, 0.25) is 0 Å². The Hall–Kier alpha value is -1.77. The Morgan fingerprint density at radius 1 is 1.24 bits per heavy atom. The lowest BCUT2D eigenvalue weighted by Crippen LogP contribution is -2.36. The summed E-state index contributed by atoms with van der Waals surface area (Å²) < 4.78 is 28.7. The molecule has 25 heavy (non-hydrogen) atoms. The summed E-state index contributed by atoms with van der Waals surface area (Å²) >= 11 is 1.58. The predicted molar refractivity (Wildman–Crippen MR) is 99.6 cm³/mol. The minimum atomic E-state index is -3.18. The third-order valence-electron chi connectivity index (χ3n) is 4.58. The molecule has 0 fully saturated rings. The molecule has 1 aliphatic heterocycles. The monoisotopic (exact) mass is 376 g/mol. The van der Waals surface area contributed by atoms with Crippen LogP contribution < -0.4 is 0 Å². The SMILES string of the molecule is CCCCS(=O)(=O)N1CCc2c(sc3ncnc(-n4cccc4)c23)C1. The van der Waals surface area contributed by atoms with Crippen LogP contribution in [0.5, 0.6) is 0 Å². The number of fused-ring (bicyclic) bond motifs is 3. The van der Waals surface area contributed by atoms with Crippen LogP contribution in [0.15, 0.2) is 30.9 Å². The fourth-order valence-corrected chi connectivity index (χ4v) is 6.14. The Morgan fingerprint density at radius 3 is 2.80 bits per heavy atom. The maximum absolute atomic E-state index is 12.5. The molecule has 3 aromatic rings. The zero-order valence-corrected chi connectivity index (χ0v) is 15.7. The first-order valence-corrected chi connectivity index (χ1v) is 10.9. The maximum Gasteiger partial charge on any atom is 0.214 e. The van der Waals surface area contributed by atoms with E-state index in [9.17, 15) is 8.42 Å². The zero-order chi connectivity index (χ0) is 17.4. The molecule has 4 rings (SSSR count). The van der Waals surface area contributed by atoms with Gasteiger partial charge in [-0.05, 0) is 30.5 Å². The summed E-state index contributed by atoms with van der Waals surface area (Å²) in [4.78, 5) is 10.9. The van der Waals surface area contributed by atoms with E-state index in [1.165, 1.54) is 5.56 Å². The molecule has 3 aromatic heterocycles. The minimum absolute atomic E-state index is 0.234. The summed E-state index contributed by atoms with van der Waals surface area (Å²) in [6.45, 7) is 3.00. The summed E-state index contributed by atoms with van der Waals surface area (Å²) in [5, 5.41) is 1.06. The third kappa shape index (κ3) is 2.98. The van der Waals surface area contributed by atoms with E-state index in [0.717, 1.165) is 27.3 Å². The van der Waals surface area contributed by atoms with Gasteiger partial charge in [-0.3, -0.25) is 0 Å². The summed E-state index contributed by atoms with van der Waals surface area (Å²) in [6, 6.07) is 3.93. The molecule has 0 saturated carbocycles. The van der Waals surface area contributed by atoms with Gasteiger partial charge >= 0.3 is 0 Å². The highest BCUT2D eigenvalue weighted by Crippen LogP contribution is 2.37. The molecule has 0 saturated heterocycles. The molecule has 0 aromatic carbocycles. The van der Waals surface area contributed by atoms with Crippen molar-refractivity contribution >= 4 is 31.6 Å². The zero-order valence-electron chi connectivity index (χ0n) is 14.1. The standard InChI is InChI=1S/C17H20N4O2S2/c1-2-3-10-25(22,23)21-9-6-13-14(11-21)24-17-15(13)16(18-12-19-17)20-7-4-5-8-20/h4-5,7-8,12H,2-3,6,9-11H2,1H3. The van der Waals surface area contributed by atoms with E-state index in [2.05, 4.69) is 9.97 Å². The van der Waals surface area contributed by atoms with Crippen molar-refractivity contribution in [3.8, 4) is 5.82 Å². The molecular weight excluding hydrogens is 356 g/mol. The normalized spacial score (nSPS) is 15.6. The average Bonchev–Trinajstić information content (AvgIpc) is 3.26. The summed E-state index contributed by atoms with van der Waals surface area (Å²) in [5.41, 5.74) is 1.20. The molecule has 0 spiro atoms. The van der Waals surface area contributed by atoms with Gasteiger partial charge in [0.1, 0.15) is 17.0 Å². The van der Waals surface area contributed by atoms with Crippen LogP contribution in [0.25, 0.3) is 16.0 Å². The Morgan fingerprint density at radius 2 is 2.04 bits per heavy atom. The number of hydrogen-bond acceptors (Lipinski definition) is 5. The molecule has 132 valence electrons. The van der Waals surface area contributed by atoms with Crippen LogP contribution in [-0.2, 0) is 23.0 Å². The van der Waals surface area contributed by atoms with E-state index in [0.29, 0.717) is 25.9 Å². The van der Waals surface area contributed by atoms with Crippen LogP contribution in [-0.4, -0.2) is 39.6 Å². The number of unbranched alkanes of at least 4 members (excludes halogenated alkanes) is 1. The number of aromatic nitrogens is 3. The van der Waals surface area contributed by atoms with E-state index >= 15 is 0 Å². The predicted octanol–water partition coefficient (Wildman–Crippen LogP) is 2.97. The largest absolute Gasteiger partial charge is 0.308 e. The summed E-state index contributed by atoms with van der Waals surface area (Å²) in [5.74, 6) is 1.10. The smallest absolute Gasteiger partial charge is 0.214 e. The lowest BCUT2D eigenvalue weighted by atomic mass is 10.1. The van der Waals surface area contributed by atoms with E-state index < -0.39 is 10.0 Å². The highest BCUT2D eigenvalue weighted by atomic mass is 32.2. The first-order chi connectivity index (χ1) is 12.1. The van der Waals surface area contributed by atoms with Gasteiger partial charge in [-0.1, -0.05) is 13.3 Å². The van der Waals surface area contributed by atoms with Gasteiger partial charge in [-0.2, -0.15) is 4.31 Å². The van der Waals surface area contributed by atoms with Crippen molar-refractivity contribution in [1.29, 1.82) is 0 Å². The maximum atomic E-state index is 12.5. The first-order valence-electron chi connectivity index (χ1n) is 8.46. The molecule has 1 aliphatic rings. The van der Waals surface area contributed by atoms with Gasteiger partial charge in [0.15, 0.2) is 0 Å². The molecule has 0 radical (unpaired) electrons. The number of hydrogen-bond donors (Lipinski definition) is 0. The van der Waals surface area contributed by atoms with Gasteiger partial charge in [0.25, 0.3) is 0 Å². The third-order valence-corrected chi connectivity index (χ3v) is 7.61. The van der Waals surface area contributed by atoms with Crippen LogP contribution in [0.1, 0.15) is 30.2 Å². The van der Waals surface area contributed by atoms with Crippen molar-refractivity contribution in [3.05, 3.63) is 41.3 Å². The lowest BCUT2D eigenvalue weighted by molar-refractivity contribution is 0.395. The van der Waals surface area contributed by atoms with Crippen molar-refractivity contribution in [2.75, 3.05) is 12.3 Å². The van der Waals surface area contributed by atoms with Crippen LogP contribution >= 0.6 is 11.3 Å². The molecule has 0 aliphatic carbocycles. The quantitative estimate of drug-likeness (QED) is 0.686. The Kier molecular flexibility index (Phi) is 4.35. The van der Waals surface area contributed by atoms with Crippen molar-refractivity contribution in [2.24, 2.45) is 0 Å². The van der Waals surface area contributed by atoms with Crippen molar-refractivity contribution < 1.29 is 8.42 Å². The van der Waals surface area contributed by atoms with Crippen molar-refractivity contribution in [2.45, 2.75) is 32.7 Å². The van der Waals surface area contributed by atoms with Crippen molar-refractivity contribution in [1.82, 2.24) is 18.8 Å². The second-order valence-electron chi connectivity index (χ2n) is 6.22. The van der Waals surface area contributed by atoms with Crippen LogP contribution in [0.3, 0.4) is 0 Å². The molecule has 4 heterocycles. The van der Waals surface area contributed by atoms with Gasteiger partial charge in [-0.25, -0.2) is 18.4 Å². The molecule has 0 amide bonds. The van der Waals surface area contributed by atoms with E-state index in [1.807, 2.05) is 36.0 Å². The van der Waals surface area contributed by atoms with Crippen LogP contribution in [0, 0.1) is 0 Å². The van der Waals surface area contributed by atoms with E-state index in [4.69, 9.17) is 0 Å². The van der Waals surface area contributed by atoms with E-state index in [-0.39, 0.29) is 5.75 Å². The highest BCUT2D eigenvalue weighted by Gasteiger charge is 2.30. The molecule has 0 bridgehead atoms. The number of sulfonamides is 1. The van der Waals surface area contributed by atoms with Crippen molar-refractivity contribution in [3.63, 3.8) is 0 Å². The van der Waals surface area contributed by atoms with E-state index in [1.54, 1.807) is 22.0 Å². The molecular formula is C17H20N4O2S2. The van der Waals surface area contributed by atoms with Gasteiger partial charge in [0, 0.05) is 30.4 Å². The van der Waals surface area contributed by atoms with Crippen LogP contribution in [0.4, 0.5) is 0 Å². The lowest BCUT2D eigenvalue weighted by Gasteiger charge is -2.26. The Balaban J connectivity index is 1.73.